The fraction of sp³-hybridized carbons (Fsp3) is 0.917. The Balaban J connectivity index is 4.19. The zero-order valence-corrected chi connectivity index (χ0v) is 11.6. The average molecular weight is 284 g/mol. The molecule has 7 heteroatoms. The molecule has 0 saturated heterocycles. The van der Waals surface area contributed by atoms with Gasteiger partial charge in [0.2, 0.25) is 5.91 Å². The molecule has 0 radical (unpaired) electrons. The van der Waals surface area contributed by atoms with Gasteiger partial charge in [-0.3, -0.25) is 4.79 Å². The van der Waals surface area contributed by atoms with Crippen molar-refractivity contribution in [2.24, 2.45) is 0 Å². The molecule has 114 valence electrons. The number of nitrogens with one attached hydrogen (secondary N) is 1. The van der Waals surface area contributed by atoms with Gasteiger partial charge in [0.15, 0.2) is 0 Å². The van der Waals surface area contributed by atoms with E-state index in [9.17, 15) is 18.0 Å². The summed E-state index contributed by atoms with van der Waals surface area (Å²) in [6, 6.07) is 0. The second kappa shape index (κ2) is 10.0. The van der Waals surface area contributed by atoms with Crippen LogP contribution in [-0.4, -0.2) is 56.9 Å². The Morgan fingerprint density at radius 2 is 2.00 bits per heavy atom. The maximum Gasteiger partial charge on any atom is 0.406 e. The van der Waals surface area contributed by atoms with Crippen LogP contribution in [0.15, 0.2) is 0 Å². The van der Waals surface area contributed by atoms with E-state index in [1.165, 1.54) is 0 Å². The molecule has 0 aliphatic rings. The Kier molecular flexibility index (Phi) is 9.59. The first-order chi connectivity index (χ1) is 8.90. The minimum Gasteiger partial charge on any atom is -0.382 e. The predicted octanol–water partition coefficient (Wildman–Crippen LogP) is 1.80. The van der Waals surface area contributed by atoms with E-state index in [4.69, 9.17) is 4.74 Å². The van der Waals surface area contributed by atoms with E-state index >= 15 is 0 Å². The first-order valence-corrected chi connectivity index (χ1v) is 6.47. The second-order valence-electron chi connectivity index (χ2n) is 4.19. The molecule has 0 aliphatic heterocycles. The first kappa shape index (κ1) is 18.2. The zero-order chi connectivity index (χ0) is 14.7. The number of hydrogen-bond donors (Lipinski definition) is 1. The number of halogens is 3. The molecule has 0 fully saturated rings. The minimum absolute atomic E-state index is 0.0812. The van der Waals surface area contributed by atoms with E-state index in [1.54, 1.807) is 7.05 Å². The van der Waals surface area contributed by atoms with Crippen molar-refractivity contribution in [3.05, 3.63) is 0 Å². The SMILES string of the molecule is CCOCCCN(CC(F)(F)F)C(=O)CCCNC. The van der Waals surface area contributed by atoms with E-state index in [2.05, 4.69) is 5.32 Å². The Morgan fingerprint density at radius 1 is 1.32 bits per heavy atom. The van der Waals surface area contributed by atoms with Crippen LogP contribution in [0.5, 0.6) is 0 Å². The zero-order valence-electron chi connectivity index (χ0n) is 11.6. The molecular formula is C12H23F3N2O2. The van der Waals surface area contributed by atoms with E-state index in [0.717, 1.165) is 4.90 Å². The molecule has 0 spiro atoms. The van der Waals surface area contributed by atoms with Crippen molar-refractivity contribution < 1.29 is 22.7 Å². The molecule has 0 aromatic carbocycles. The number of amides is 1. The van der Waals surface area contributed by atoms with Crippen molar-refractivity contribution in [3.63, 3.8) is 0 Å². The highest BCUT2D eigenvalue weighted by atomic mass is 19.4. The van der Waals surface area contributed by atoms with Crippen LogP contribution >= 0.6 is 0 Å². The maximum absolute atomic E-state index is 12.4. The molecule has 19 heavy (non-hydrogen) atoms. The summed E-state index contributed by atoms with van der Waals surface area (Å²) in [7, 11) is 1.74. The summed E-state index contributed by atoms with van der Waals surface area (Å²) in [4.78, 5) is 12.6. The summed E-state index contributed by atoms with van der Waals surface area (Å²) < 4.78 is 42.2. The number of rotatable bonds is 10. The van der Waals surface area contributed by atoms with Gasteiger partial charge in [-0.1, -0.05) is 0 Å². The monoisotopic (exact) mass is 284 g/mol. The van der Waals surface area contributed by atoms with Crippen LogP contribution in [0.25, 0.3) is 0 Å². The highest BCUT2D eigenvalue weighted by molar-refractivity contribution is 5.76. The lowest BCUT2D eigenvalue weighted by atomic mass is 10.2. The van der Waals surface area contributed by atoms with Crippen molar-refractivity contribution in [3.8, 4) is 0 Å². The predicted molar refractivity (Wildman–Crippen MR) is 66.9 cm³/mol. The van der Waals surface area contributed by atoms with Crippen molar-refractivity contribution in [1.29, 1.82) is 0 Å². The molecule has 4 nitrogen and oxygen atoms in total. The van der Waals surface area contributed by atoms with E-state index in [1.807, 2.05) is 6.92 Å². The number of carbonyl (C=O) groups excluding carboxylic acids is 1. The van der Waals surface area contributed by atoms with Gasteiger partial charge in [-0.25, -0.2) is 0 Å². The van der Waals surface area contributed by atoms with Crippen molar-refractivity contribution in [1.82, 2.24) is 10.2 Å². The molecule has 0 unspecified atom stereocenters. The van der Waals surface area contributed by atoms with Gasteiger partial charge in [0.25, 0.3) is 0 Å². The highest BCUT2D eigenvalue weighted by Crippen LogP contribution is 2.17. The van der Waals surface area contributed by atoms with E-state index in [-0.39, 0.29) is 13.0 Å². The van der Waals surface area contributed by atoms with Crippen LogP contribution < -0.4 is 5.32 Å². The smallest absolute Gasteiger partial charge is 0.382 e. The molecule has 0 saturated carbocycles. The fourth-order valence-corrected chi connectivity index (χ4v) is 1.58. The third kappa shape index (κ3) is 10.8. The quantitative estimate of drug-likeness (QED) is 0.622. The fourth-order valence-electron chi connectivity index (χ4n) is 1.58. The van der Waals surface area contributed by atoms with Crippen molar-refractivity contribution in [2.75, 3.05) is 39.9 Å². The minimum atomic E-state index is -4.36. The molecule has 1 N–H and O–H groups in total. The molecule has 1 amide bonds. The summed E-state index contributed by atoms with van der Waals surface area (Å²) in [5.74, 6) is -0.455. The molecule has 0 bridgehead atoms. The van der Waals surface area contributed by atoms with Gasteiger partial charge in [-0.05, 0) is 33.4 Å². The van der Waals surface area contributed by atoms with Crippen LogP contribution in [0.3, 0.4) is 0 Å². The highest BCUT2D eigenvalue weighted by Gasteiger charge is 2.32. The molecule has 0 aromatic rings. The normalized spacial score (nSPS) is 11.6. The molecule has 0 aliphatic carbocycles. The molecule has 0 heterocycles. The Morgan fingerprint density at radius 3 is 2.53 bits per heavy atom. The third-order valence-electron chi connectivity index (χ3n) is 2.46. The summed E-state index contributed by atoms with van der Waals surface area (Å²) in [5.41, 5.74) is 0. The van der Waals surface area contributed by atoms with Gasteiger partial charge < -0.3 is 15.0 Å². The standard InChI is InChI=1S/C12H23F3N2O2/c1-3-19-9-5-8-17(10-12(13,14)15)11(18)6-4-7-16-2/h16H,3-10H2,1-2H3. The topological polar surface area (TPSA) is 41.6 Å². The van der Waals surface area contributed by atoms with E-state index in [0.29, 0.717) is 32.6 Å². The van der Waals surface area contributed by atoms with Gasteiger partial charge >= 0.3 is 6.18 Å². The maximum atomic E-state index is 12.4. The lowest BCUT2D eigenvalue weighted by molar-refractivity contribution is -0.161. The number of carbonyl (C=O) groups is 1. The summed E-state index contributed by atoms with van der Waals surface area (Å²) in [6.07, 6.45) is -3.27. The summed E-state index contributed by atoms with van der Waals surface area (Å²) >= 11 is 0. The van der Waals surface area contributed by atoms with Crippen LogP contribution in [0.2, 0.25) is 0 Å². The number of ether oxygens (including phenoxy) is 1. The molecule has 0 aromatic heterocycles. The largest absolute Gasteiger partial charge is 0.406 e. The number of nitrogens with zero attached hydrogens (tertiary/aromatic N) is 1. The third-order valence-corrected chi connectivity index (χ3v) is 2.46. The average Bonchev–Trinajstić information content (AvgIpc) is 2.32. The summed E-state index contributed by atoms with van der Waals surface area (Å²) in [5, 5.41) is 2.86. The van der Waals surface area contributed by atoms with Crippen LogP contribution in [0.4, 0.5) is 13.2 Å². The molecular weight excluding hydrogens is 261 g/mol. The second-order valence-corrected chi connectivity index (χ2v) is 4.19. The summed E-state index contributed by atoms with van der Waals surface area (Å²) in [6.45, 7) is 2.22. The van der Waals surface area contributed by atoms with Crippen LogP contribution in [-0.2, 0) is 9.53 Å². The van der Waals surface area contributed by atoms with Crippen molar-refractivity contribution in [2.45, 2.75) is 32.4 Å². The number of hydrogen-bond acceptors (Lipinski definition) is 3. The Labute approximate surface area is 112 Å². The van der Waals surface area contributed by atoms with Gasteiger partial charge in [0, 0.05) is 26.2 Å². The molecule has 0 atom stereocenters. The Bertz CT molecular complexity index is 248. The lowest BCUT2D eigenvalue weighted by Crippen LogP contribution is -2.40. The van der Waals surface area contributed by atoms with Gasteiger partial charge in [0.05, 0.1) is 0 Å². The Hall–Kier alpha value is -0.820. The first-order valence-electron chi connectivity index (χ1n) is 6.47. The number of alkyl halides is 3. The van der Waals surface area contributed by atoms with Crippen LogP contribution in [0, 0.1) is 0 Å². The van der Waals surface area contributed by atoms with E-state index < -0.39 is 18.6 Å². The van der Waals surface area contributed by atoms with Gasteiger partial charge in [-0.15, -0.1) is 0 Å². The molecule has 0 rings (SSSR count). The lowest BCUT2D eigenvalue weighted by Gasteiger charge is -2.24. The van der Waals surface area contributed by atoms with Crippen LogP contribution in [0.1, 0.15) is 26.2 Å². The van der Waals surface area contributed by atoms with Crippen molar-refractivity contribution >= 4 is 5.91 Å². The van der Waals surface area contributed by atoms with Gasteiger partial charge in [0.1, 0.15) is 6.54 Å². The van der Waals surface area contributed by atoms with Gasteiger partial charge in [-0.2, -0.15) is 13.2 Å².